The van der Waals surface area contributed by atoms with Gasteiger partial charge in [0.25, 0.3) is 0 Å². The van der Waals surface area contributed by atoms with Crippen LogP contribution in [0.4, 0.5) is 0 Å². The summed E-state index contributed by atoms with van der Waals surface area (Å²) in [5.74, 6) is -0.0785. The minimum absolute atomic E-state index is 0.0236. The fraction of sp³-hybridized carbons (Fsp3) is 0.849. The van der Waals surface area contributed by atoms with E-state index in [2.05, 4.69) is 55.6 Å². The maximum Gasteiger partial charge on any atom is 0.305 e. The van der Waals surface area contributed by atoms with E-state index in [0.717, 1.165) is 83.5 Å². The Labute approximate surface area is 366 Å². The number of unbranched alkanes of at least 4 members (excludes halogenated alkanes) is 30. The third-order valence-electron chi connectivity index (χ3n) is 11.7. The summed E-state index contributed by atoms with van der Waals surface area (Å²) in [4.78, 5) is 24.4. The molecule has 0 aromatic rings. The first-order valence-corrected chi connectivity index (χ1v) is 25.7. The molecular formula is C53H99NO5. The van der Waals surface area contributed by atoms with Crippen molar-refractivity contribution in [1.29, 1.82) is 0 Å². The van der Waals surface area contributed by atoms with Gasteiger partial charge in [-0.15, -0.1) is 0 Å². The molecule has 0 spiro atoms. The first-order valence-electron chi connectivity index (χ1n) is 25.7. The third-order valence-corrected chi connectivity index (χ3v) is 11.7. The fourth-order valence-corrected chi connectivity index (χ4v) is 7.66. The molecule has 0 heterocycles. The number of carbonyl (C=O) groups is 2. The summed E-state index contributed by atoms with van der Waals surface area (Å²) in [5.41, 5.74) is 0. The van der Waals surface area contributed by atoms with Crippen molar-refractivity contribution in [2.45, 2.75) is 276 Å². The molecule has 2 unspecified atom stereocenters. The smallest absolute Gasteiger partial charge is 0.305 e. The number of amides is 1. The molecule has 0 bridgehead atoms. The Bertz CT molecular complexity index is 962. The summed E-state index contributed by atoms with van der Waals surface area (Å²) >= 11 is 0. The van der Waals surface area contributed by atoms with Gasteiger partial charge in [-0.3, -0.25) is 9.59 Å². The first kappa shape index (κ1) is 57.1. The molecule has 0 aromatic carbocycles. The highest BCUT2D eigenvalue weighted by Crippen LogP contribution is 2.15. The zero-order chi connectivity index (χ0) is 43.0. The molecular weight excluding hydrogens is 731 g/mol. The van der Waals surface area contributed by atoms with Crippen LogP contribution >= 0.6 is 0 Å². The molecule has 0 aliphatic carbocycles. The second kappa shape index (κ2) is 48.7. The average Bonchev–Trinajstić information content (AvgIpc) is 3.24. The molecule has 0 saturated carbocycles. The van der Waals surface area contributed by atoms with Crippen molar-refractivity contribution in [2.75, 3.05) is 13.2 Å². The molecule has 0 aliphatic heterocycles. The summed E-state index contributed by atoms with van der Waals surface area (Å²) in [7, 11) is 0. The SMILES string of the molecule is CCCCCCCCC/C=C\CCCCCCCC(=O)OCCCCC/C=C\C/C=C\CCCCCCCCCC(=O)NC(CO)C(O)CCCCCCCCCCC. The molecule has 0 aromatic heterocycles. The van der Waals surface area contributed by atoms with Crippen LogP contribution in [0.1, 0.15) is 264 Å². The van der Waals surface area contributed by atoms with Gasteiger partial charge in [-0.1, -0.05) is 198 Å². The second-order valence-electron chi connectivity index (χ2n) is 17.5. The molecule has 1 amide bonds. The zero-order valence-corrected chi connectivity index (χ0v) is 39.2. The number of carbonyl (C=O) groups excluding carboxylic acids is 2. The number of esters is 1. The number of rotatable bonds is 47. The maximum atomic E-state index is 12.4. The third kappa shape index (κ3) is 45.4. The van der Waals surface area contributed by atoms with Crippen LogP contribution in [0.15, 0.2) is 36.5 Å². The summed E-state index contributed by atoms with van der Waals surface area (Å²) in [6.07, 6.45) is 58.4. The van der Waals surface area contributed by atoms with Crippen molar-refractivity contribution >= 4 is 11.9 Å². The van der Waals surface area contributed by atoms with Gasteiger partial charge in [0.05, 0.1) is 25.4 Å². The normalized spacial score (nSPS) is 12.9. The first-order chi connectivity index (χ1) is 29.0. The van der Waals surface area contributed by atoms with Crippen LogP contribution in [-0.2, 0) is 14.3 Å². The van der Waals surface area contributed by atoms with Crippen molar-refractivity contribution in [3.63, 3.8) is 0 Å². The zero-order valence-electron chi connectivity index (χ0n) is 39.2. The Morgan fingerprint density at radius 2 is 0.847 bits per heavy atom. The molecule has 6 nitrogen and oxygen atoms in total. The molecule has 0 fully saturated rings. The van der Waals surface area contributed by atoms with Gasteiger partial charge in [-0.2, -0.15) is 0 Å². The summed E-state index contributed by atoms with van der Waals surface area (Å²) in [5, 5.41) is 23.0. The number of allylic oxidation sites excluding steroid dienone is 6. The summed E-state index contributed by atoms with van der Waals surface area (Å²) in [6, 6.07) is -0.552. The van der Waals surface area contributed by atoms with E-state index >= 15 is 0 Å². The summed E-state index contributed by atoms with van der Waals surface area (Å²) in [6.45, 7) is 4.87. The highest BCUT2D eigenvalue weighted by atomic mass is 16.5. The minimum Gasteiger partial charge on any atom is -0.466 e. The van der Waals surface area contributed by atoms with Crippen LogP contribution < -0.4 is 5.32 Å². The monoisotopic (exact) mass is 830 g/mol. The van der Waals surface area contributed by atoms with Gasteiger partial charge in [0.15, 0.2) is 0 Å². The molecule has 0 aliphatic rings. The highest BCUT2D eigenvalue weighted by Gasteiger charge is 2.20. The van der Waals surface area contributed by atoms with Crippen molar-refractivity contribution in [3.8, 4) is 0 Å². The van der Waals surface area contributed by atoms with E-state index in [0.29, 0.717) is 25.9 Å². The fourth-order valence-electron chi connectivity index (χ4n) is 7.66. The van der Waals surface area contributed by atoms with E-state index in [1.807, 2.05) is 0 Å². The van der Waals surface area contributed by atoms with Gasteiger partial charge in [-0.05, 0) is 89.9 Å². The predicted molar refractivity (Wildman–Crippen MR) is 255 cm³/mol. The van der Waals surface area contributed by atoms with Gasteiger partial charge >= 0.3 is 5.97 Å². The lowest BCUT2D eigenvalue weighted by molar-refractivity contribution is -0.143. The molecule has 6 heteroatoms. The Morgan fingerprint density at radius 3 is 1.31 bits per heavy atom. The Kier molecular flexibility index (Phi) is 47.2. The number of hydrogen-bond acceptors (Lipinski definition) is 5. The Balaban J connectivity index is 3.48. The lowest BCUT2D eigenvalue weighted by atomic mass is 10.0. The molecule has 0 rings (SSSR count). The van der Waals surface area contributed by atoms with Gasteiger partial charge in [0, 0.05) is 12.8 Å². The highest BCUT2D eigenvalue weighted by molar-refractivity contribution is 5.76. The predicted octanol–water partition coefficient (Wildman–Crippen LogP) is 15.3. The van der Waals surface area contributed by atoms with Crippen LogP contribution in [-0.4, -0.2) is 47.4 Å². The van der Waals surface area contributed by atoms with Gasteiger partial charge in [0.1, 0.15) is 0 Å². The van der Waals surface area contributed by atoms with Gasteiger partial charge in [0.2, 0.25) is 5.91 Å². The van der Waals surface area contributed by atoms with Crippen molar-refractivity contribution in [1.82, 2.24) is 5.32 Å². The lowest BCUT2D eigenvalue weighted by Gasteiger charge is -2.22. The number of aliphatic hydroxyl groups excluding tert-OH is 2. The van der Waals surface area contributed by atoms with Crippen molar-refractivity contribution < 1.29 is 24.5 Å². The van der Waals surface area contributed by atoms with Crippen LogP contribution in [0.3, 0.4) is 0 Å². The molecule has 346 valence electrons. The number of nitrogens with one attached hydrogen (secondary N) is 1. The van der Waals surface area contributed by atoms with Crippen LogP contribution in [0.25, 0.3) is 0 Å². The average molecular weight is 830 g/mol. The van der Waals surface area contributed by atoms with Crippen LogP contribution in [0, 0.1) is 0 Å². The molecule has 0 saturated heterocycles. The van der Waals surface area contributed by atoms with Gasteiger partial charge < -0.3 is 20.3 Å². The van der Waals surface area contributed by atoms with Gasteiger partial charge in [-0.25, -0.2) is 0 Å². The topological polar surface area (TPSA) is 95.9 Å². The number of ether oxygens (including phenoxy) is 1. The minimum atomic E-state index is -0.673. The standard InChI is InChI=1S/C53H99NO5/c1-3-5-7-9-11-13-14-15-16-21-24-27-31-35-39-43-47-53(58)59-48-44-40-36-32-28-25-22-19-17-18-20-23-26-30-34-38-42-46-52(57)54-50(49-55)51(56)45-41-37-33-29-12-10-8-6-4-2/h16-17,19,21,25,28,50-51,55-56H,3-15,18,20,22-24,26-27,29-49H2,1-2H3,(H,54,57)/b19-17-,21-16-,28-25-. The summed E-state index contributed by atoms with van der Waals surface area (Å²) < 4.78 is 5.44. The van der Waals surface area contributed by atoms with Crippen molar-refractivity contribution in [3.05, 3.63) is 36.5 Å². The van der Waals surface area contributed by atoms with Crippen molar-refractivity contribution in [2.24, 2.45) is 0 Å². The van der Waals surface area contributed by atoms with E-state index in [1.54, 1.807) is 0 Å². The molecule has 3 N–H and O–H groups in total. The largest absolute Gasteiger partial charge is 0.466 e. The van der Waals surface area contributed by atoms with Crippen LogP contribution in [0.5, 0.6) is 0 Å². The molecule has 59 heavy (non-hydrogen) atoms. The quantitative estimate of drug-likeness (QED) is 0.0323. The molecule has 2 atom stereocenters. The second-order valence-corrected chi connectivity index (χ2v) is 17.5. The number of aliphatic hydroxyl groups is 2. The lowest BCUT2D eigenvalue weighted by Crippen LogP contribution is -2.45. The van der Waals surface area contributed by atoms with E-state index in [1.165, 1.54) is 148 Å². The maximum absolute atomic E-state index is 12.4. The number of hydrogen-bond donors (Lipinski definition) is 3. The van der Waals surface area contributed by atoms with E-state index < -0.39 is 12.1 Å². The van der Waals surface area contributed by atoms with E-state index in [4.69, 9.17) is 4.74 Å². The Hall–Kier alpha value is -1.92. The van der Waals surface area contributed by atoms with E-state index in [-0.39, 0.29) is 18.5 Å². The molecule has 0 radical (unpaired) electrons. The van der Waals surface area contributed by atoms with Crippen LogP contribution in [0.2, 0.25) is 0 Å². The van der Waals surface area contributed by atoms with E-state index in [9.17, 15) is 19.8 Å². The Morgan fingerprint density at radius 1 is 0.475 bits per heavy atom.